The molecule has 108 valence electrons. The summed E-state index contributed by atoms with van der Waals surface area (Å²) >= 11 is 0. The lowest BCUT2D eigenvalue weighted by Gasteiger charge is -2.34. The molecule has 1 heteroatoms. The first-order chi connectivity index (χ1) is 9.61. The SMILES string of the molecule is C=CCCC1CCC(c2ccc(C(C)=O)cc2)CC1C. The molecule has 1 aliphatic rings. The molecule has 20 heavy (non-hydrogen) atoms. The van der Waals surface area contributed by atoms with Gasteiger partial charge >= 0.3 is 0 Å². The van der Waals surface area contributed by atoms with E-state index >= 15 is 0 Å². The fourth-order valence-corrected chi connectivity index (χ4v) is 3.51. The molecule has 1 aromatic rings. The molecule has 2 rings (SSSR count). The highest BCUT2D eigenvalue weighted by Crippen LogP contribution is 2.41. The van der Waals surface area contributed by atoms with Crippen LogP contribution < -0.4 is 0 Å². The molecule has 1 aromatic carbocycles. The van der Waals surface area contributed by atoms with Crippen LogP contribution in [-0.4, -0.2) is 5.78 Å². The Labute approximate surface area is 123 Å². The van der Waals surface area contributed by atoms with E-state index in [1.807, 2.05) is 18.2 Å². The number of hydrogen-bond donors (Lipinski definition) is 0. The second-order valence-corrected chi connectivity index (χ2v) is 6.29. The second kappa shape index (κ2) is 6.88. The van der Waals surface area contributed by atoms with Crippen molar-refractivity contribution in [2.24, 2.45) is 11.8 Å². The van der Waals surface area contributed by atoms with E-state index in [2.05, 4.69) is 25.6 Å². The van der Waals surface area contributed by atoms with Gasteiger partial charge in [0.05, 0.1) is 0 Å². The maximum absolute atomic E-state index is 11.3. The highest BCUT2D eigenvalue weighted by atomic mass is 16.1. The lowest BCUT2D eigenvalue weighted by molar-refractivity contribution is 0.101. The first kappa shape index (κ1) is 15.0. The Morgan fingerprint density at radius 3 is 2.55 bits per heavy atom. The first-order valence-electron chi connectivity index (χ1n) is 7.83. The maximum Gasteiger partial charge on any atom is 0.159 e. The van der Waals surface area contributed by atoms with Crippen molar-refractivity contribution in [2.45, 2.75) is 51.9 Å². The zero-order chi connectivity index (χ0) is 14.5. The van der Waals surface area contributed by atoms with Crippen LogP contribution in [0.15, 0.2) is 36.9 Å². The summed E-state index contributed by atoms with van der Waals surface area (Å²) < 4.78 is 0. The van der Waals surface area contributed by atoms with Crippen LogP contribution in [0.4, 0.5) is 0 Å². The van der Waals surface area contributed by atoms with E-state index in [1.54, 1.807) is 6.92 Å². The summed E-state index contributed by atoms with van der Waals surface area (Å²) in [7, 11) is 0. The number of carbonyl (C=O) groups excluding carboxylic acids is 1. The van der Waals surface area contributed by atoms with E-state index in [0.29, 0.717) is 5.92 Å². The minimum absolute atomic E-state index is 0.151. The molecule has 0 radical (unpaired) electrons. The Bertz CT molecular complexity index is 457. The minimum Gasteiger partial charge on any atom is -0.295 e. The normalized spacial score (nSPS) is 26.2. The van der Waals surface area contributed by atoms with Crippen molar-refractivity contribution in [3.8, 4) is 0 Å². The summed E-state index contributed by atoms with van der Waals surface area (Å²) in [5.74, 6) is 2.48. The van der Waals surface area contributed by atoms with Gasteiger partial charge < -0.3 is 0 Å². The lowest BCUT2D eigenvalue weighted by atomic mass is 9.71. The molecule has 0 spiro atoms. The van der Waals surface area contributed by atoms with Crippen molar-refractivity contribution >= 4 is 5.78 Å². The third-order valence-electron chi connectivity index (χ3n) is 4.88. The van der Waals surface area contributed by atoms with Gasteiger partial charge in [-0.2, -0.15) is 0 Å². The van der Waals surface area contributed by atoms with Crippen molar-refractivity contribution < 1.29 is 4.79 Å². The van der Waals surface area contributed by atoms with Crippen molar-refractivity contribution in [3.05, 3.63) is 48.0 Å². The Balaban J connectivity index is 1.98. The molecule has 1 aliphatic carbocycles. The highest BCUT2D eigenvalue weighted by molar-refractivity contribution is 5.94. The van der Waals surface area contributed by atoms with E-state index in [0.717, 1.165) is 23.8 Å². The van der Waals surface area contributed by atoms with Gasteiger partial charge in [0, 0.05) is 5.56 Å². The van der Waals surface area contributed by atoms with Crippen molar-refractivity contribution in [1.29, 1.82) is 0 Å². The summed E-state index contributed by atoms with van der Waals surface area (Å²) in [5, 5.41) is 0. The average Bonchev–Trinajstić information content (AvgIpc) is 2.46. The fourth-order valence-electron chi connectivity index (χ4n) is 3.51. The molecule has 3 atom stereocenters. The van der Waals surface area contributed by atoms with Gasteiger partial charge in [-0.3, -0.25) is 4.79 Å². The zero-order valence-electron chi connectivity index (χ0n) is 12.8. The largest absolute Gasteiger partial charge is 0.295 e. The molecule has 0 bridgehead atoms. The summed E-state index contributed by atoms with van der Waals surface area (Å²) in [6.45, 7) is 7.85. The molecule has 0 saturated heterocycles. The molecule has 1 nitrogen and oxygen atoms in total. The van der Waals surface area contributed by atoms with Crippen LogP contribution in [-0.2, 0) is 0 Å². The van der Waals surface area contributed by atoms with E-state index in [4.69, 9.17) is 0 Å². The van der Waals surface area contributed by atoms with Crippen molar-refractivity contribution in [3.63, 3.8) is 0 Å². The van der Waals surface area contributed by atoms with Gasteiger partial charge in [-0.05, 0) is 62.3 Å². The van der Waals surface area contributed by atoms with Crippen molar-refractivity contribution in [2.75, 3.05) is 0 Å². The zero-order valence-corrected chi connectivity index (χ0v) is 12.8. The number of ketones is 1. The van der Waals surface area contributed by atoms with Crippen LogP contribution in [0.2, 0.25) is 0 Å². The summed E-state index contributed by atoms with van der Waals surface area (Å²) in [6.07, 6.45) is 8.37. The standard InChI is InChI=1S/C19H26O/c1-4-5-6-16-7-12-19(13-14(16)2)18-10-8-17(9-11-18)15(3)20/h4,8-11,14,16,19H,1,5-7,12-13H2,2-3H3. The molecule has 0 N–H and O–H groups in total. The number of hydrogen-bond acceptors (Lipinski definition) is 1. The predicted molar refractivity (Wildman–Crippen MR) is 85.1 cm³/mol. The summed E-state index contributed by atoms with van der Waals surface area (Å²) in [6, 6.07) is 8.26. The molecule has 0 aliphatic heterocycles. The quantitative estimate of drug-likeness (QED) is 0.519. The van der Waals surface area contributed by atoms with E-state index in [9.17, 15) is 4.79 Å². The summed E-state index contributed by atoms with van der Waals surface area (Å²) in [5.41, 5.74) is 2.23. The van der Waals surface area contributed by atoms with Gasteiger partial charge in [-0.25, -0.2) is 0 Å². The minimum atomic E-state index is 0.151. The van der Waals surface area contributed by atoms with Crippen LogP contribution in [0.1, 0.15) is 67.8 Å². The first-order valence-corrected chi connectivity index (χ1v) is 7.83. The monoisotopic (exact) mass is 270 g/mol. The van der Waals surface area contributed by atoms with Crippen LogP contribution in [0.5, 0.6) is 0 Å². The molecular formula is C19H26O. The fraction of sp³-hybridized carbons (Fsp3) is 0.526. The number of carbonyl (C=O) groups is 1. The van der Waals surface area contributed by atoms with Gasteiger partial charge in [0.15, 0.2) is 5.78 Å². The van der Waals surface area contributed by atoms with Gasteiger partial charge in [-0.15, -0.1) is 6.58 Å². The average molecular weight is 270 g/mol. The molecule has 0 aromatic heterocycles. The predicted octanol–water partition coefficient (Wildman–Crippen LogP) is 5.38. The number of Topliss-reactive ketones (excluding diaryl/α,β-unsaturated/α-hetero) is 1. The molecular weight excluding hydrogens is 244 g/mol. The second-order valence-electron chi connectivity index (χ2n) is 6.29. The van der Waals surface area contributed by atoms with Crippen LogP contribution in [0.25, 0.3) is 0 Å². The summed E-state index contributed by atoms with van der Waals surface area (Å²) in [4.78, 5) is 11.3. The topological polar surface area (TPSA) is 17.1 Å². The smallest absolute Gasteiger partial charge is 0.159 e. The molecule has 1 fully saturated rings. The van der Waals surface area contributed by atoms with Crippen molar-refractivity contribution in [1.82, 2.24) is 0 Å². The van der Waals surface area contributed by atoms with Gasteiger partial charge in [0.25, 0.3) is 0 Å². The maximum atomic E-state index is 11.3. The Morgan fingerprint density at radius 2 is 2.00 bits per heavy atom. The third-order valence-corrected chi connectivity index (χ3v) is 4.88. The Morgan fingerprint density at radius 1 is 1.30 bits per heavy atom. The van der Waals surface area contributed by atoms with Gasteiger partial charge in [-0.1, -0.05) is 37.3 Å². The highest BCUT2D eigenvalue weighted by Gasteiger charge is 2.27. The molecule has 1 saturated carbocycles. The number of rotatable bonds is 5. The van der Waals surface area contributed by atoms with Crippen LogP contribution >= 0.6 is 0 Å². The molecule has 0 amide bonds. The van der Waals surface area contributed by atoms with E-state index in [-0.39, 0.29) is 5.78 Å². The van der Waals surface area contributed by atoms with Crippen LogP contribution in [0.3, 0.4) is 0 Å². The number of benzene rings is 1. The van der Waals surface area contributed by atoms with E-state index < -0.39 is 0 Å². The van der Waals surface area contributed by atoms with Gasteiger partial charge in [0.1, 0.15) is 0 Å². The van der Waals surface area contributed by atoms with E-state index in [1.165, 1.54) is 31.2 Å². The number of allylic oxidation sites excluding steroid dienone is 1. The van der Waals surface area contributed by atoms with Crippen LogP contribution in [0, 0.1) is 11.8 Å². The lowest BCUT2D eigenvalue weighted by Crippen LogP contribution is -2.21. The Kier molecular flexibility index (Phi) is 5.17. The van der Waals surface area contributed by atoms with Gasteiger partial charge in [0.2, 0.25) is 0 Å². The Hall–Kier alpha value is -1.37. The third kappa shape index (κ3) is 3.59. The molecule has 0 heterocycles. The molecule has 3 unspecified atom stereocenters.